The maximum absolute atomic E-state index is 3.85. The van der Waals surface area contributed by atoms with Crippen LogP contribution >= 0.6 is 0 Å². The van der Waals surface area contributed by atoms with E-state index in [1.165, 1.54) is 0 Å². The molecule has 2 aromatic rings. The Morgan fingerprint density at radius 2 is 1.77 bits per heavy atom. The Labute approximate surface area is 78.0 Å². The summed E-state index contributed by atoms with van der Waals surface area (Å²) in [6.07, 6.45) is 9.04. The van der Waals surface area contributed by atoms with Crippen LogP contribution in [0.1, 0.15) is 5.56 Å². The van der Waals surface area contributed by atoms with Gasteiger partial charge in [-0.25, -0.2) is 0 Å². The predicted octanol–water partition coefficient (Wildman–Crippen LogP) is 2.74. The average molecular weight is 172 g/mol. The first kappa shape index (κ1) is 9.26. The topological polar surface area (TPSA) is 28.7 Å². The van der Waals surface area contributed by atoms with E-state index in [4.69, 9.17) is 0 Å². The summed E-state index contributed by atoms with van der Waals surface area (Å²) in [7, 11) is 0. The molecule has 0 spiro atoms. The van der Waals surface area contributed by atoms with Gasteiger partial charge in [-0.2, -0.15) is 0 Å². The fourth-order valence-electron chi connectivity index (χ4n) is 0.777. The van der Waals surface area contributed by atoms with E-state index in [0.29, 0.717) is 0 Å². The number of hydrogen-bond donors (Lipinski definition) is 1. The Balaban J connectivity index is 0.000000145. The van der Waals surface area contributed by atoms with Gasteiger partial charge in [-0.3, -0.25) is 4.98 Å². The van der Waals surface area contributed by atoms with Crippen molar-refractivity contribution < 1.29 is 0 Å². The molecular weight excluding hydrogens is 160 g/mol. The molecule has 0 saturated carbocycles. The molecule has 2 rings (SSSR count). The minimum Gasteiger partial charge on any atom is -0.368 e. The molecule has 0 saturated heterocycles. The third kappa shape index (κ3) is 3.91. The van der Waals surface area contributed by atoms with Gasteiger partial charge in [0.1, 0.15) is 0 Å². The predicted molar refractivity (Wildman–Crippen MR) is 55.1 cm³/mol. The summed E-state index contributed by atoms with van der Waals surface area (Å²) in [5.74, 6) is 0. The van der Waals surface area contributed by atoms with Gasteiger partial charge in [-0.15, -0.1) is 0 Å². The molecule has 0 aliphatic heterocycles. The Bertz CT molecular complexity index is 294. The summed E-state index contributed by atoms with van der Waals surface area (Å²) in [5, 5.41) is 0. The highest BCUT2D eigenvalue weighted by Gasteiger charge is 1.76. The second-order valence-electron chi connectivity index (χ2n) is 2.37. The number of hydrogen-bond acceptors (Lipinski definition) is 1. The van der Waals surface area contributed by atoms with E-state index < -0.39 is 0 Å². The van der Waals surface area contributed by atoms with Crippen molar-refractivity contribution in [2.24, 2.45) is 0 Å². The summed E-state index contributed by atoms with van der Waals surface area (Å²) in [4.78, 5) is 6.71. The maximum Gasteiger partial charge on any atom is 0.0273 e. The number of nitrogens with one attached hydrogen (secondary N) is 1. The Kier molecular flexibility index (Phi) is 4.11. The molecule has 0 amide bonds. The van der Waals surface area contributed by atoms with E-state index in [2.05, 4.69) is 16.5 Å². The molecular formula is C11H12N2. The first-order valence-corrected chi connectivity index (χ1v) is 4.03. The molecule has 2 aromatic heterocycles. The van der Waals surface area contributed by atoms with Crippen molar-refractivity contribution in [3.8, 4) is 0 Å². The van der Waals surface area contributed by atoms with E-state index in [-0.39, 0.29) is 0 Å². The highest BCUT2D eigenvalue weighted by atomic mass is 14.6. The van der Waals surface area contributed by atoms with Gasteiger partial charge in [-0.05, 0) is 29.8 Å². The zero-order valence-corrected chi connectivity index (χ0v) is 7.35. The summed E-state index contributed by atoms with van der Waals surface area (Å²) < 4.78 is 0. The van der Waals surface area contributed by atoms with Crippen LogP contribution in [0.2, 0.25) is 0 Å². The lowest BCUT2D eigenvalue weighted by Gasteiger charge is -1.84. The molecule has 0 atom stereocenters. The van der Waals surface area contributed by atoms with Crippen LogP contribution < -0.4 is 0 Å². The van der Waals surface area contributed by atoms with Crippen LogP contribution in [0.4, 0.5) is 0 Å². The second-order valence-corrected chi connectivity index (χ2v) is 2.37. The summed E-state index contributed by atoms with van der Waals surface area (Å²) in [6.45, 7) is 3.60. The molecule has 2 heterocycles. The highest BCUT2D eigenvalue weighted by molar-refractivity contribution is 5.44. The monoisotopic (exact) mass is 172 g/mol. The zero-order chi connectivity index (χ0) is 9.36. The summed E-state index contributed by atoms with van der Waals surface area (Å²) in [5.41, 5.74) is 1.11. The Morgan fingerprint density at radius 3 is 2.08 bits per heavy atom. The van der Waals surface area contributed by atoms with Gasteiger partial charge in [0.25, 0.3) is 0 Å². The van der Waals surface area contributed by atoms with Gasteiger partial charge in [0.15, 0.2) is 0 Å². The number of aromatic nitrogens is 2. The number of aromatic amines is 1. The van der Waals surface area contributed by atoms with E-state index in [0.717, 1.165) is 5.56 Å². The van der Waals surface area contributed by atoms with Gasteiger partial charge in [-0.1, -0.05) is 12.7 Å². The van der Waals surface area contributed by atoms with Crippen LogP contribution in [0.15, 0.2) is 55.6 Å². The zero-order valence-electron chi connectivity index (χ0n) is 7.35. The fourth-order valence-corrected chi connectivity index (χ4v) is 0.777. The molecule has 66 valence electrons. The van der Waals surface area contributed by atoms with Gasteiger partial charge in [0.05, 0.1) is 0 Å². The van der Waals surface area contributed by atoms with Crippen molar-refractivity contribution in [2.75, 3.05) is 0 Å². The average Bonchev–Trinajstić information content (AvgIpc) is 2.77. The van der Waals surface area contributed by atoms with E-state index in [1.807, 2.05) is 36.7 Å². The molecule has 0 aromatic carbocycles. The molecule has 0 aliphatic rings. The van der Waals surface area contributed by atoms with Gasteiger partial charge >= 0.3 is 0 Å². The molecule has 0 bridgehead atoms. The molecule has 0 radical (unpaired) electrons. The van der Waals surface area contributed by atoms with Gasteiger partial charge in [0, 0.05) is 24.8 Å². The third-order valence-corrected chi connectivity index (χ3v) is 1.44. The number of pyridine rings is 1. The fraction of sp³-hybridized carbons (Fsp3) is 0. The third-order valence-electron chi connectivity index (χ3n) is 1.44. The first-order chi connectivity index (χ1) is 6.43. The molecule has 2 nitrogen and oxygen atoms in total. The van der Waals surface area contributed by atoms with Crippen LogP contribution in [-0.4, -0.2) is 9.97 Å². The normalized spacial score (nSPS) is 8.31. The van der Waals surface area contributed by atoms with Crippen LogP contribution in [0, 0.1) is 0 Å². The number of nitrogens with zero attached hydrogens (tertiary/aromatic N) is 1. The SMILES string of the molecule is C=Cc1ccncc1.c1cc[nH]c1. The van der Waals surface area contributed by atoms with Crippen LogP contribution in [0.5, 0.6) is 0 Å². The van der Waals surface area contributed by atoms with Crippen molar-refractivity contribution in [1.82, 2.24) is 9.97 Å². The largest absolute Gasteiger partial charge is 0.368 e. The summed E-state index contributed by atoms with van der Waals surface area (Å²) >= 11 is 0. The lowest BCUT2D eigenvalue weighted by atomic mass is 10.3. The molecule has 0 unspecified atom stereocenters. The quantitative estimate of drug-likeness (QED) is 0.704. The lowest BCUT2D eigenvalue weighted by Crippen LogP contribution is -1.69. The van der Waals surface area contributed by atoms with E-state index in [1.54, 1.807) is 18.5 Å². The smallest absolute Gasteiger partial charge is 0.0273 e. The minimum atomic E-state index is 1.11. The number of H-pyrrole nitrogens is 1. The molecule has 0 aliphatic carbocycles. The van der Waals surface area contributed by atoms with Crippen molar-refractivity contribution >= 4 is 6.08 Å². The van der Waals surface area contributed by atoms with E-state index >= 15 is 0 Å². The van der Waals surface area contributed by atoms with Crippen molar-refractivity contribution in [3.63, 3.8) is 0 Å². The summed E-state index contributed by atoms with van der Waals surface area (Å²) in [6, 6.07) is 7.71. The minimum absolute atomic E-state index is 1.11. The number of rotatable bonds is 1. The van der Waals surface area contributed by atoms with Gasteiger partial charge in [0.2, 0.25) is 0 Å². The molecule has 1 N–H and O–H groups in total. The standard InChI is InChI=1S/C7H7N.C4H5N/c1-2-7-3-5-8-6-4-7;1-2-4-5-3-1/h2-6H,1H2;1-5H. The first-order valence-electron chi connectivity index (χ1n) is 4.03. The molecule has 0 fully saturated rings. The van der Waals surface area contributed by atoms with Gasteiger partial charge < -0.3 is 4.98 Å². The van der Waals surface area contributed by atoms with Crippen molar-refractivity contribution in [2.45, 2.75) is 0 Å². The Morgan fingerprint density at radius 1 is 1.15 bits per heavy atom. The second kappa shape index (κ2) is 5.77. The van der Waals surface area contributed by atoms with Crippen molar-refractivity contribution in [3.05, 3.63) is 61.2 Å². The highest BCUT2D eigenvalue weighted by Crippen LogP contribution is 1.94. The van der Waals surface area contributed by atoms with Crippen molar-refractivity contribution in [1.29, 1.82) is 0 Å². The molecule has 2 heteroatoms. The van der Waals surface area contributed by atoms with Crippen LogP contribution in [-0.2, 0) is 0 Å². The van der Waals surface area contributed by atoms with E-state index in [9.17, 15) is 0 Å². The van der Waals surface area contributed by atoms with Crippen LogP contribution in [0.3, 0.4) is 0 Å². The Hall–Kier alpha value is -1.83. The molecule has 13 heavy (non-hydrogen) atoms. The van der Waals surface area contributed by atoms with Crippen LogP contribution in [0.25, 0.3) is 6.08 Å². The maximum atomic E-state index is 3.85. The lowest BCUT2D eigenvalue weighted by molar-refractivity contribution is 1.32.